The zero-order chi connectivity index (χ0) is 68.6. The van der Waals surface area contributed by atoms with Crippen molar-refractivity contribution >= 4 is 52.1 Å². The molecule has 6 heterocycles. The van der Waals surface area contributed by atoms with Crippen molar-refractivity contribution in [3.63, 3.8) is 0 Å². The number of phenols is 3. The summed E-state index contributed by atoms with van der Waals surface area (Å²) in [6.07, 6.45) is 14.0. The van der Waals surface area contributed by atoms with Crippen molar-refractivity contribution in [1.29, 1.82) is 0 Å². The minimum Gasteiger partial charge on any atom is -0.507 e. The topological polar surface area (TPSA) is 422 Å². The average molecular weight is 1290 g/mol. The minimum absolute atomic E-state index is 0.0559. The van der Waals surface area contributed by atoms with E-state index in [1.165, 1.54) is 90.4 Å². The number of hydrazine groups is 1. The zero-order valence-corrected chi connectivity index (χ0v) is 54.5. The van der Waals surface area contributed by atoms with Crippen molar-refractivity contribution in [3.8, 4) is 23.0 Å². The molecular formula is C64H94N12O16. The highest BCUT2D eigenvalue weighted by Crippen LogP contribution is 2.55. The number of likely N-dealkylation sites (N-methyl/N-ethyl adjacent to an activating group) is 1. The minimum atomic E-state index is -2.04. The lowest BCUT2D eigenvalue weighted by atomic mass is 9.78. The third kappa shape index (κ3) is 20.4. The molecule has 1 fully saturated rings. The summed E-state index contributed by atoms with van der Waals surface area (Å²) in [6, 6.07) is 3.57. The lowest BCUT2D eigenvalue weighted by Crippen LogP contribution is -2.46. The van der Waals surface area contributed by atoms with E-state index < -0.39 is 94.7 Å². The van der Waals surface area contributed by atoms with Gasteiger partial charge in [0.1, 0.15) is 29.0 Å². The third-order valence-electron chi connectivity index (χ3n) is 16.2. The molecule has 4 aliphatic rings. The Labute approximate surface area is 536 Å². The summed E-state index contributed by atoms with van der Waals surface area (Å²) in [6.45, 7) is 21.2. The molecule has 15 N–H and O–H groups in total. The number of rotatable bonds is 15. The predicted octanol–water partition coefficient (Wildman–Crippen LogP) is 3.30. The van der Waals surface area contributed by atoms with Gasteiger partial charge in [0, 0.05) is 143 Å². The number of benzene rings is 2. The number of ether oxygens (including phenoxy) is 4. The van der Waals surface area contributed by atoms with E-state index in [2.05, 4.69) is 40.9 Å². The van der Waals surface area contributed by atoms with Crippen molar-refractivity contribution in [3.05, 3.63) is 107 Å². The second-order valence-electron chi connectivity index (χ2n) is 22.8. The maximum absolute atomic E-state index is 14.4. The monoisotopic (exact) mass is 1290 g/mol. The lowest BCUT2D eigenvalue weighted by Gasteiger charge is -2.38. The SMILES string of the molecule is CC[C@@H](CO)NCCN[C@@H](CC)CO.CO[C@H]1/C=C/O[C@@]2(C)Oc3c(C)c(O)c4c(O)c(c(/C=N\N5CCN(C)CC5)c(O)c4c3C2=O)NC(=O)/C(C)=C\C=C\[C@H](C)[C@H](O)[C@@H](C)[C@@H](O)[C@@H](C)[C@H](OC(C)=O)[C@@H]1C.NC(=O)c1cnccn1.NNC(=O)c1ccncc1. The molecular weight excluding hydrogens is 1190 g/mol. The number of allylic oxidation sites excluding steroid dienone is 2. The summed E-state index contributed by atoms with van der Waals surface area (Å²) in [4.78, 5) is 74.7. The van der Waals surface area contributed by atoms with E-state index in [0.717, 1.165) is 39.0 Å². The normalized spacial score (nSPS) is 24.8. The van der Waals surface area contributed by atoms with Gasteiger partial charge in [-0.25, -0.2) is 10.8 Å². The number of hydrogen-bond acceptors (Lipinski definition) is 25. The van der Waals surface area contributed by atoms with Crippen molar-refractivity contribution in [2.24, 2.45) is 40.3 Å². The number of ketones is 1. The number of fused-ring (bicyclic) bond motifs is 14. The van der Waals surface area contributed by atoms with Crippen LogP contribution < -0.4 is 37.7 Å². The number of nitrogens with two attached hydrogens (primary N) is 2. The van der Waals surface area contributed by atoms with Crippen LogP contribution in [0.1, 0.15) is 117 Å². The molecule has 28 heteroatoms. The standard InChI is InChI=1S/C43H58N4O12.C10H24N2O2.C6H7N3O.C5H5N3O/c1-21-12-11-13-22(2)42(55)45-33-28(20-44-47-17-15-46(9)16-18-47)37(52)30-31(38(33)53)36(51)26(6)40-32(30)41(54)43(8,59-40)57-19-14-29(56-10)23(3)39(58-27(7)48)25(5)35(50)24(4)34(21)49;1-3-9(7-13)11-5-6-12-10(4-2)8-14;7-9-6(10)5-1-3-8-4-2-5;6-5(9)4-3-7-1-2-8-4/h11-14,19-21,23-25,29,34-35,39,49-53H,15-18H2,1-10H3,(H,45,55);9-14H,3-8H2,1-2H3;1-4H,7H2,(H,9,10);1-3H,(H2,6,9)/b12-11+,19-14+,22-13-,44-20-;;;/t21-,23+,24+,25+,29-,34-,35+,39+,43-;9-,10-;;/m00../s1. The van der Waals surface area contributed by atoms with E-state index >= 15 is 0 Å². The van der Waals surface area contributed by atoms with Crippen LogP contribution in [0, 0.1) is 30.6 Å². The summed E-state index contributed by atoms with van der Waals surface area (Å²) in [5.74, 6) is -4.31. The molecule has 0 radical (unpaired) electrons. The summed E-state index contributed by atoms with van der Waals surface area (Å²) >= 11 is 0. The molecule has 2 aromatic heterocycles. The number of nitrogens with one attached hydrogen (secondary N) is 4. The van der Waals surface area contributed by atoms with E-state index in [1.54, 1.807) is 57.0 Å². The van der Waals surface area contributed by atoms with Crippen LogP contribution in [0.4, 0.5) is 5.69 Å². The van der Waals surface area contributed by atoms with Crippen molar-refractivity contribution < 1.29 is 78.7 Å². The van der Waals surface area contributed by atoms with E-state index in [4.69, 9.17) is 40.7 Å². The quantitative estimate of drug-likeness (QED) is 0.0119. The fourth-order valence-electron chi connectivity index (χ4n) is 10.2. The molecule has 0 unspecified atom stereocenters. The number of nitrogens with zero attached hydrogens (tertiary/aromatic N) is 6. The largest absolute Gasteiger partial charge is 0.507 e. The molecule has 92 heavy (non-hydrogen) atoms. The number of primary amides is 1. The van der Waals surface area contributed by atoms with Gasteiger partial charge in [0.2, 0.25) is 0 Å². The number of methoxy groups -OCH3 is 1. The number of phenolic OH excluding ortho intramolecular Hbond substituents is 3. The number of Topliss-reactive ketones (excluding diaryl/α,β-unsaturated/α-hetero) is 1. The van der Waals surface area contributed by atoms with Crippen LogP contribution in [0.3, 0.4) is 0 Å². The first-order valence-electron chi connectivity index (χ1n) is 30.4. The molecule has 0 spiro atoms. The van der Waals surface area contributed by atoms with Gasteiger partial charge in [-0.3, -0.25) is 44.4 Å². The van der Waals surface area contributed by atoms with Crippen LogP contribution in [-0.4, -0.2) is 205 Å². The number of aromatic nitrogens is 3. The number of esters is 1. The smallest absolute Gasteiger partial charge is 0.312 e. The van der Waals surface area contributed by atoms with Gasteiger partial charge in [0.05, 0.1) is 72.4 Å². The van der Waals surface area contributed by atoms with Crippen LogP contribution in [-0.2, 0) is 23.8 Å². The molecule has 28 nitrogen and oxygen atoms in total. The number of hydrogen-bond donors (Lipinski definition) is 13. The highest BCUT2D eigenvalue weighted by Gasteiger charge is 2.50. The molecule has 506 valence electrons. The lowest BCUT2D eigenvalue weighted by molar-refractivity contribution is -0.160. The summed E-state index contributed by atoms with van der Waals surface area (Å²) in [5, 5.41) is 91.1. The van der Waals surface area contributed by atoms with Gasteiger partial charge >= 0.3 is 11.8 Å². The molecule has 0 aliphatic carbocycles. The number of amides is 3. The first-order chi connectivity index (χ1) is 43.7. The van der Waals surface area contributed by atoms with E-state index in [-0.39, 0.29) is 81.4 Å². The summed E-state index contributed by atoms with van der Waals surface area (Å²) in [5.41, 5.74) is 7.24. The summed E-state index contributed by atoms with van der Waals surface area (Å²) in [7, 11) is 3.42. The molecule has 0 saturated carbocycles. The number of carbonyl (C=O) groups excluding carboxylic acids is 5. The molecule has 8 rings (SSSR count). The Kier molecular flexibility index (Phi) is 30.5. The zero-order valence-electron chi connectivity index (χ0n) is 54.5. The Hall–Kier alpha value is -8.19. The molecule has 2 aromatic carbocycles. The van der Waals surface area contributed by atoms with Gasteiger partial charge in [-0.05, 0) is 51.9 Å². The number of hydrazone groups is 1. The number of anilines is 1. The van der Waals surface area contributed by atoms with Crippen LogP contribution in [0.25, 0.3) is 10.8 Å². The number of piperazine rings is 1. The number of aliphatic hydroxyl groups is 4. The van der Waals surface area contributed by atoms with Crippen LogP contribution in [0.15, 0.2) is 84.4 Å². The summed E-state index contributed by atoms with van der Waals surface area (Å²) < 4.78 is 23.6. The van der Waals surface area contributed by atoms with Crippen molar-refractivity contribution in [2.75, 3.05) is 72.0 Å². The van der Waals surface area contributed by atoms with Gasteiger partial charge in [0.15, 0.2) is 5.75 Å². The molecule has 5 bridgehead atoms. The van der Waals surface area contributed by atoms with Crippen LogP contribution in [0.2, 0.25) is 0 Å². The Morgan fingerprint density at radius 1 is 0.870 bits per heavy atom. The maximum Gasteiger partial charge on any atom is 0.312 e. The number of aromatic hydroxyl groups is 3. The second-order valence-corrected chi connectivity index (χ2v) is 22.8. The first kappa shape index (κ1) is 76.3. The highest BCUT2D eigenvalue weighted by atomic mass is 16.7. The molecule has 11 atom stereocenters. The van der Waals surface area contributed by atoms with Crippen molar-refractivity contribution in [1.82, 2.24) is 40.9 Å². The van der Waals surface area contributed by atoms with Gasteiger partial charge in [-0.15, -0.1) is 0 Å². The molecule has 4 aliphatic heterocycles. The third-order valence-corrected chi connectivity index (χ3v) is 16.2. The van der Waals surface area contributed by atoms with Gasteiger partial charge in [0.25, 0.3) is 23.5 Å². The van der Waals surface area contributed by atoms with E-state index in [9.17, 15) is 49.5 Å². The van der Waals surface area contributed by atoms with E-state index in [0.29, 0.717) is 18.7 Å². The number of pyridine rings is 1. The first-order valence-corrected chi connectivity index (χ1v) is 30.4. The van der Waals surface area contributed by atoms with Gasteiger partial charge in [-0.2, -0.15) is 5.10 Å². The van der Waals surface area contributed by atoms with Gasteiger partial charge in [-0.1, -0.05) is 59.8 Å². The second kappa shape index (κ2) is 36.7. The predicted molar refractivity (Wildman–Crippen MR) is 345 cm³/mol. The fraction of sp³-hybridized carbons (Fsp3) is 0.516. The average Bonchev–Trinajstić information content (AvgIpc) is 1.44. The van der Waals surface area contributed by atoms with Crippen LogP contribution >= 0.6 is 0 Å². The van der Waals surface area contributed by atoms with Gasteiger partial charge < -0.3 is 81.3 Å². The Morgan fingerprint density at radius 3 is 2.01 bits per heavy atom. The molecule has 3 amide bonds. The Bertz CT molecular complexity index is 3180. The number of carbonyl (C=O) groups is 5. The van der Waals surface area contributed by atoms with E-state index in [1.807, 2.05) is 26.3 Å². The Morgan fingerprint density at radius 2 is 1.49 bits per heavy atom. The maximum atomic E-state index is 14.4. The number of nitrogen functional groups attached to an aromatic ring is 1. The van der Waals surface area contributed by atoms with Crippen molar-refractivity contribution in [2.45, 2.75) is 124 Å². The Balaban J connectivity index is 0.000000438. The van der Waals surface area contributed by atoms with Crippen LogP contribution in [0.5, 0.6) is 23.0 Å². The molecule has 1 saturated heterocycles. The number of aliphatic hydroxyl groups excluding tert-OH is 4. The fourth-order valence-corrected chi connectivity index (χ4v) is 10.2. The highest BCUT2D eigenvalue weighted by molar-refractivity contribution is 6.24. The molecule has 4 aromatic rings.